The molecule has 0 bridgehead atoms. The summed E-state index contributed by atoms with van der Waals surface area (Å²) in [5.74, 6) is 0. The molecule has 2 nitrogen and oxygen atoms in total. The maximum atomic E-state index is 4.41. The highest BCUT2D eigenvalue weighted by Crippen LogP contribution is 2.07. The van der Waals surface area contributed by atoms with Crippen molar-refractivity contribution < 1.29 is 0 Å². The summed E-state index contributed by atoms with van der Waals surface area (Å²) in [6.07, 6.45) is 4.05. The smallest absolute Gasteiger partial charge is 0.0433 e. The van der Waals surface area contributed by atoms with Crippen LogP contribution < -0.4 is 0 Å². The summed E-state index contributed by atoms with van der Waals surface area (Å²) in [6.45, 7) is 10.0. The normalized spacial score (nSPS) is 10.9. The van der Waals surface area contributed by atoms with Crippen LogP contribution in [-0.2, 0) is 12.8 Å². The van der Waals surface area contributed by atoms with Gasteiger partial charge in [-0.05, 0) is 37.6 Å². The van der Waals surface area contributed by atoms with Crippen molar-refractivity contribution in [1.82, 2.24) is 9.88 Å². The molecule has 0 amide bonds. The van der Waals surface area contributed by atoms with Gasteiger partial charge in [0.15, 0.2) is 0 Å². The quantitative estimate of drug-likeness (QED) is 0.711. The molecule has 0 saturated heterocycles. The van der Waals surface area contributed by atoms with Gasteiger partial charge >= 0.3 is 0 Å². The molecule has 1 heterocycles. The monoisotopic (exact) mass is 206 g/mol. The van der Waals surface area contributed by atoms with Gasteiger partial charge in [0.25, 0.3) is 0 Å². The van der Waals surface area contributed by atoms with Crippen LogP contribution in [0.15, 0.2) is 18.3 Å². The standard InChI is InChI=1S/C13H22N2/c1-4-13-12(8-7-10-14-13)9-11-15(5-2)6-3/h7-8,10H,4-6,9,11H2,1-3H3. The summed E-state index contributed by atoms with van der Waals surface area (Å²) in [5, 5.41) is 0. The Hall–Kier alpha value is -0.890. The molecular weight excluding hydrogens is 184 g/mol. The fourth-order valence-electron chi connectivity index (χ4n) is 1.84. The predicted octanol–water partition coefficient (Wildman–Crippen LogP) is 2.53. The van der Waals surface area contributed by atoms with Crippen LogP contribution in [0.5, 0.6) is 0 Å². The Morgan fingerprint density at radius 2 is 1.93 bits per heavy atom. The highest BCUT2D eigenvalue weighted by Gasteiger charge is 2.03. The van der Waals surface area contributed by atoms with Gasteiger partial charge in [0.05, 0.1) is 0 Å². The van der Waals surface area contributed by atoms with Crippen molar-refractivity contribution in [3.63, 3.8) is 0 Å². The van der Waals surface area contributed by atoms with Crippen LogP contribution >= 0.6 is 0 Å². The van der Waals surface area contributed by atoms with Crippen LogP contribution in [0.2, 0.25) is 0 Å². The van der Waals surface area contributed by atoms with E-state index in [1.54, 1.807) is 0 Å². The van der Waals surface area contributed by atoms with E-state index in [4.69, 9.17) is 0 Å². The number of nitrogens with zero attached hydrogens (tertiary/aromatic N) is 2. The van der Waals surface area contributed by atoms with Crippen molar-refractivity contribution in [3.8, 4) is 0 Å². The van der Waals surface area contributed by atoms with E-state index in [0.717, 1.165) is 32.5 Å². The zero-order valence-corrected chi connectivity index (χ0v) is 10.2. The number of hydrogen-bond acceptors (Lipinski definition) is 2. The van der Waals surface area contributed by atoms with Crippen molar-refractivity contribution in [3.05, 3.63) is 29.6 Å². The molecule has 0 unspecified atom stereocenters. The summed E-state index contributed by atoms with van der Waals surface area (Å²) >= 11 is 0. The largest absolute Gasteiger partial charge is 0.304 e. The number of aryl methyl sites for hydroxylation is 1. The lowest BCUT2D eigenvalue weighted by Gasteiger charge is -2.18. The van der Waals surface area contributed by atoms with Gasteiger partial charge in [-0.1, -0.05) is 26.8 Å². The van der Waals surface area contributed by atoms with Gasteiger partial charge in [-0.25, -0.2) is 0 Å². The lowest BCUT2D eigenvalue weighted by atomic mass is 10.1. The van der Waals surface area contributed by atoms with Gasteiger partial charge in [0, 0.05) is 18.4 Å². The predicted molar refractivity (Wildman–Crippen MR) is 65.1 cm³/mol. The third-order valence-corrected chi connectivity index (χ3v) is 2.91. The Balaban J connectivity index is 2.56. The SMILES string of the molecule is CCc1ncccc1CCN(CC)CC. The average molecular weight is 206 g/mol. The van der Waals surface area contributed by atoms with Crippen molar-refractivity contribution in [2.45, 2.75) is 33.6 Å². The molecule has 0 aromatic carbocycles. The van der Waals surface area contributed by atoms with Crippen molar-refractivity contribution in [2.75, 3.05) is 19.6 Å². The highest BCUT2D eigenvalue weighted by molar-refractivity contribution is 5.19. The zero-order chi connectivity index (χ0) is 11.1. The van der Waals surface area contributed by atoms with E-state index in [2.05, 4.69) is 36.7 Å². The van der Waals surface area contributed by atoms with E-state index in [-0.39, 0.29) is 0 Å². The van der Waals surface area contributed by atoms with Gasteiger partial charge < -0.3 is 4.90 Å². The van der Waals surface area contributed by atoms with Gasteiger partial charge in [0.1, 0.15) is 0 Å². The fraction of sp³-hybridized carbons (Fsp3) is 0.615. The molecule has 0 aliphatic carbocycles. The molecule has 0 spiro atoms. The Kier molecular flexibility index (Phi) is 5.33. The van der Waals surface area contributed by atoms with E-state index in [9.17, 15) is 0 Å². The Morgan fingerprint density at radius 1 is 1.20 bits per heavy atom. The fourth-order valence-corrected chi connectivity index (χ4v) is 1.84. The topological polar surface area (TPSA) is 16.1 Å². The molecule has 0 aliphatic heterocycles. The van der Waals surface area contributed by atoms with Crippen LogP contribution in [-0.4, -0.2) is 29.5 Å². The van der Waals surface area contributed by atoms with Crippen LogP contribution in [0.1, 0.15) is 32.0 Å². The molecule has 2 heteroatoms. The van der Waals surface area contributed by atoms with Crippen LogP contribution in [0.25, 0.3) is 0 Å². The second-order valence-corrected chi connectivity index (χ2v) is 3.74. The number of hydrogen-bond donors (Lipinski definition) is 0. The molecule has 0 radical (unpaired) electrons. The first-order chi connectivity index (χ1) is 7.31. The lowest BCUT2D eigenvalue weighted by molar-refractivity contribution is 0.307. The number of rotatable bonds is 6. The van der Waals surface area contributed by atoms with E-state index in [0.29, 0.717) is 0 Å². The molecule has 0 atom stereocenters. The minimum Gasteiger partial charge on any atom is -0.304 e. The van der Waals surface area contributed by atoms with E-state index in [1.807, 2.05) is 12.3 Å². The lowest BCUT2D eigenvalue weighted by Crippen LogP contribution is -2.25. The first-order valence-corrected chi connectivity index (χ1v) is 5.96. The van der Waals surface area contributed by atoms with Crippen molar-refractivity contribution in [2.24, 2.45) is 0 Å². The number of pyridine rings is 1. The molecule has 0 fully saturated rings. The third-order valence-electron chi connectivity index (χ3n) is 2.91. The Labute approximate surface area is 93.3 Å². The second kappa shape index (κ2) is 6.57. The number of aromatic nitrogens is 1. The maximum absolute atomic E-state index is 4.41. The van der Waals surface area contributed by atoms with E-state index < -0.39 is 0 Å². The number of likely N-dealkylation sites (N-methyl/N-ethyl adjacent to an activating group) is 1. The minimum atomic E-state index is 1.04. The summed E-state index contributed by atoms with van der Waals surface area (Å²) in [4.78, 5) is 6.86. The summed E-state index contributed by atoms with van der Waals surface area (Å²) in [6, 6.07) is 4.24. The first kappa shape index (κ1) is 12.2. The Morgan fingerprint density at radius 3 is 2.53 bits per heavy atom. The molecule has 84 valence electrons. The van der Waals surface area contributed by atoms with Crippen molar-refractivity contribution >= 4 is 0 Å². The van der Waals surface area contributed by atoms with Crippen LogP contribution in [0.3, 0.4) is 0 Å². The molecule has 0 aliphatic rings. The summed E-state index contributed by atoms with van der Waals surface area (Å²) in [7, 11) is 0. The van der Waals surface area contributed by atoms with Gasteiger partial charge in [-0.2, -0.15) is 0 Å². The first-order valence-electron chi connectivity index (χ1n) is 5.96. The molecule has 0 saturated carbocycles. The maximum Gasteiger partial charge on any atom is 0.0433 e. The van der Waals surface area contributed by atoms with Gasteiger partial charge in [-0.15, -0.1) is 0 Å². The van der Waals surface area contributed by atoms with E-state index in [1.165, 1.54) is 11.3 Å². The summed E-state index contributed by atoms with van der Waals surface area (Å²) < 4.78 is 0. The average Bonchev–Trinajstić information content (AvgIpc) is 2.31. The second-order valence-electron chi connectivity index (χ2n) is 3.74. The van der Waals surface area contributed by atoms with Crippen molar-refractivity contribution in [1.29, 1.82) is 0 Å². The summed E-state index contributed by atoms with van der Waals surface area (Å²) in [5.41, 5.74) is 2.66. The molecule has 15 heavy (non-hydrogen) atoms. The van der Waals surface area contributed by atoms with Crippen LogP contribution in [0.4, 0.5) is 0 Å². The zero-order valence-electron chi connectivity index (χ0n) is 10.2. The molecule has 1 rings (SSSR count). The molecule has 0 N–H and O–H groups in total. The van der Waals surface area contributed by atoms with Crippen LogP contribution in [0, 0.1) is 0 Å². The van der Waals surface area contributed by atoms with Gasteiger partial charge in [-0.3, -0.25) is 4.98 Å². The minimum absolute atomic E-state index is 1.04. The highest BCUT2D eigenvalue weighted by atomic mass is 15.1. The Bertz CT molecular complexity index is 280. The molecular formula is C13H22N2. The van der Waals surface area contributed by atoms with E-state index >= 15 is 0 Å². The molecule has 1 aromatic heterocycles. The third kappa shape index (κ3) is 3.63. The van der Waals surface area contributed by atoms with Gasteiger partial charge in [0.2, 0.25) is 0 Å². The molecule has 1 aromatic rings.